The van der Waals surface area contributed by atoms with Gasteiger partial charge in [0.1, 0.15) is 5.76 Å². The molecule has 0 spiro atoms. The molecule has 148 valence electrons. The van der Waals surface area contributed by atoms with Crippen LogP contribution in [-0.4, -0.2) is 22.1 Å². The summed E-state index contributed by atoms with van der Waals surface area (Å²) >= 11 is 0. The molecule has 0 saturated carbocycles. The number of methoxy groups -OCH3 is 1. The number of ether oxygens (including phenoxy) is 1. The van der Waals surface area contributed by atoms with E-state index >= 15 is 0 Å². The van der Waals surface area contributed by atoms with Gasteiger partial charge in [0, 0.05) is 5.92 Å². The van der Waals surface area contributed by atoms with Gasteiger partial charge in [-0.2, -0.15) is 8.42 Å². The Morgan fingerprint density at radius 1 is 0.966 bits per heavy atom. The molecule has 29 heavy (non-hydrogen) atoms. The molecule has 0 aromatic heterocycles. The van der Waals surface area contributed by atoms with Crippen LogP contribution in [0.15, 0.2) is 89.1 Å². The number of hydrogen-bond donors (Lipinski definition) is 0. The second-order valence-corrected chi connectivity index (χ2v) is 8.66. The number of rotatable bonds is 5. The monoisotopic (exact) mass is 406 g/mol. The van der Waals surface area contributed by atoms with E-state index in [0.717, 1.165) is 33.6 Å². The largest absolute Gasteiger partial charge is 0.497 e. The maximum atomic E-state index is 12.7. The standard InChI is InChI=1S/C24H22O4S/c1-17-7-12-21(13-8-17)29(25,26)28-16-24-22-6-4-3-5-18(22)9-10-19-15-20(27-2)11-14-23(19)24/h3-15,19H,16H2,1-2H3. The van der Waals surface area contributed by atoms with Crippen molar-refractivity contribution >= 4 is 21.8 Å². The van der Waals surface area contributed by atoms with E-state index in [2.05, 4.69) is 12.2 Å². The molecule has 2 aromatic carbocycles. The van der Waals surface area contributed by atoms with E-state index in [4.69, 9.17) is 8.92 Å². The van der Waals surface area contributed by atoms with E-state index in [1.807, 2.05) is 49.4 Å². The van der Waals surface area contributed by atoms with Crippen LogP contribution in [-0.2, 0) is 19.0 Å². The number of aryl methyl sites for hydroxylation is 1. The summed E-state index contributed by atoms with van der Waals surface area (Å²) in [6.07, 6.45) is 10.0. The van der Waals surface area contributed by atoms with E-state index in [0.29, 0.717) is 0 Å². The van der Waals surface area contributed by atoms with Gasteiger partial charge < -0.3 is 4.74 Å². The summed E-state index contributed by atoms with van der Waals surface area (Å²) in [5.74, 6) is 0.768. The SMILES string of the molecule is COC1=CC2C=Cc3ccccc3C(COS(=O)(=O)c3ccc(C)cc3)=C2C=C1. The second kappa shape index (κ2) is 7.85. The molecule has 0 heterocycles. The molecule has 1 atom stereocenters. The first-order chi connectivity index (χ1) is 14.0. The van der Waals surface area contributed by atoms with Crippen molar-refractivity contribution in [2.75, 3.05) is 13.7 Å². The lowest BCUT2D eigenvalue weighted by atomic mass is 9.88. The molecule has 0 fully saturated rings. The smallest absolute Gasteiger partial charge is 0.297 e. The summed E-state index contributed by atoms with van der Waals surface area (Å²) in [4.78, 5) is 0.158. The van der Waals surface area contributed by atoms with Crippen molar-refractivity contribution in [3.63, 3.8) is 0 Å². The lowest BCUT2D eigenvalue weighted by Crippen LogP contribution is -2.12. The molecule has 0 radical (unpaired) electrons. The molecule has 2 aliphatic carbocycles. The van der Waals surface area contributed by atoms with Gasteiger partial charge in [-0.25, -0.2) is 0 Å². The van der Waals surface area contributed by atoms with E-state index in [1.54, 1.807) is 31.4 Å². The summed E-state index contributed by atoms with van der Waals surface area (Å²) in [5, 5.41) is 0. The highest BCUT2D eigenvalue weighted by Gasteiger charge is 2.24. The highest BCUT2D eigenvalue weighted by atomic mass is 32.2. The van der Waals surface area contributed by atoms with Gasteiger partial charge in [-0.1, -0.05) is 60.2 Å². The van der Waals surface area contributed by atoms with Crippen molar-refractivity contribution in [3.05, 3.63) is 101 Å². The Hall–Kier alpha value is -2.89. The Balaban J connectivity index is 1.72. The molecule has 0 amide bonds. The van der Waals surface area contributed by atoms with E-state index in [-0.39, 0.29) is 17.4 Å². The molecule has 1 unspecified atom stereocenters. The molecular weight excluding hydrogens is 384 g/mol. The van der Waals surface area contributed by atoms with Gasteiger partial charge in [0.05, 0.1) is 18.6 Å². The predicted molar refractivity (Wildman–Crippen MR) is 114 cm³/mol. The summed E-state index contributed by atoms with van der Waals surface area (Å²) in [5.41, 5.74) is 4.86. The van der Waals surface area contributed by atoms with E-state index in [1.165, 1.54) is 0 Å². The van der Waals surface area contributed by atoms with Gasteiger partial charge in [-0.15, -0.1) is 0 Å². The van der Waals surface area contributed by atoms with Crippen LogP contribution >= 0.6 is 0 Å². The van der Waals surface area contributed by atoms with Crippen LogP contribution in [0.3, 0.4) is 0 Å². The van der Waals surface area contributed by atoms with Crippen LogP contribution < -0.4 is 0 Å². The zero-order valence-corrected chi connectivity index (χ0v) is 17.1. The second-order valence-electron chi connectivity index (χ2n) is 7.04. The topological polar surface area (TPSA) is 52.6 Å². The number of hydrogen-bond acceptors (Lipinski definition) is 4. The van der Waals surface area contributed by atoms with E-state index < -0.39 is 10.1 Å². The highest BCUT2D eigenvalue weighted by molar-refractivity contribution is 7.86. The predicted octanol–water partition coefficient (Wildman–Crippen LogP) is 4.90. The van der Waals surface area contributed by atoms with Crippen LogP contribution in [0, 0.1) is 12.8 Å². The molecule has 5 heteroatoms. The quantitative estimate of drug-likeness (QED) is 0.663. The third kappa shape index (κ3) is 3.97. The third-order valence-corrected chi connectivity index (χ3v) is 6.43. The zero-order valence-electron chi connectivity index (χ0n) is 16.3. The zero-order chi connectivity index (χ0) is 20.4. The average molecular weight is 407 g/mol. The van der Waals surface area contributed by atoms with Crippen LogP contribution in [0.5, 0.6) is 0 Å². The van der Waals surface area contributed by atoms with Crippen molar-refractivity contribution in [2.24, 2.45) is 5.92 Å². The fourth-order valence-electron chi connectivity index (χ4n) is 3.55. The Bertz CT molecular complexity index is 1150. The van der Waals surface area contributed by atoms with Crippen molar-refractivity contribution in [1.82, 2.24) is 0 Å². The highest BCUT2D eigenvalue weighted by Crippen LogP contribution is 2.36. The molecule has 0 bridgehead atoms. The van der Waals surface area contributed by atoms with Crippen molar-refractivity contribution in [1.29, 1.82) is 0 Å². The molecule has 4 nitrogen and oxygen atoms in total. The van der Waals surface area contributed by atoms with Gasteiger partial charge in [0.2, 0.25) is 0 Å². The Labute approximate surface area is 171 Å². The Morgan fingerprint density at radius 2 is 1.72 bits per heavy atom. The number of benzene rings is 2. The molecule has 0 saturated heterocycles. The maximum absolute atomic E-state index is 12.7. The van der Waals surface area contributed by atoms with Crippen molar-refractivity contribution in [2.45, 2.75) is 11.8 Å². The molecule has 2 aliphatic rings. The fourth-order valence-corrected chi connectivity index (χ4v) is 4.43. The summed E-state index contributed by atoms with van der Waals surface area (Å²) in [6, 6.07) is 14.6. The van der Waals surface area contributed by atoms with Crippen molar-refractivity contribution in [3.8, 4) is 0 Å². The van der Waals surface area contributed by atoms with Crippen molar-refractivity contribution < 1.29 is 17.3 Å². The first kappa shape index (κ1) is 19.4. The first-order valence-electron chi connectivity index (χ1n) is 9.38. The molecule has 0 N–H and O–H groups in total. The number of fused-ring (bicyclic) bond motifs is 2. The average Bonchev–Trinajstić information content (AvgIpc) is 2.89. The van der Waals surface area contributed by atoms with Crippen LogP contribution in [0.25, 0.3) is 11.6 Å². The lowest BCUT2D eigenvalue weighted by molar-refractivity contribution is 0.303. The maximum Gasteiger partial charge on any atom is 0.297 e. The minimum absolute atomic E-state index is 0.0111. The summed E-state index contributed by atoms with van der Waals surface area (Å²) < 4.78 is 36.3. The van der Waals surface area contributed by atoms with Gasteiger partial charge in [-0.05, 0) is 53.5 Å². The van der Waals surface area contributed by atoms with Gasteiger partial charge >= 0.3 is 0 Å². The van der Waals surface area contributed by atoms with E-state index in [9.17, 15) is 8.42 Å². The van der Waals surface area contributed by atoms with Crippen LogP contribution in [0.2, 0.25) is 0 Å². The molecule has 2 aromatic rings. The fraction of sp³-hybridized carbons (Fsp3) is 0.167. The normalized spacial score (nSPS) is 18.0. The van der Waals surface area contributed by atoms with Gasteiger partial charge in [0.25, 0.3) is 10.1 Å². The summed E-state index contributed by atoms with van der Waals surface area (Å²) in [6.45, 7) is 1.87. The Kier molecular flexibility index (Phi) is 5.26. The van der Waals surface area contributed by atoms with Crippen LogP contribution in [0.1, 0.15) is 16.7 Å². The number of allylic oxidation sites excluding steroid dienone is 5. The molecular formula is C24H22O4S. The minimum atomic E-state index is -3.86. The lowest BCUT2D eigenvalue weighted by Gasteiger charge is -2.20. The van der Waals surface area contributed by atoms with Crippen LogP contribution in [0.4, 0.5) is 0 Å². The first-order valence-corrected chi connectivity index (χ1v) is 10.8. The minimum Gasteiger partial charge on any atom is -0.497 e. The van der Waals surface area contributed by atoms with Gasteiger partial charge in [-0.3, -0.25) is 4.18 Å². The molecule has 4 rings (SSSR count). The molecule has 0 aliphatic heterocycles. The third-order valence-electron chi connectivity index (χ3n) is 5.15. The Morgan fingerprint density at radius 3 is 2.48 bits per heavy atom. The van der Waals surface area contributed by atoms with Gasteiger partial charge in [0.15, 0.2) is 0 Å². The summed E-state index contributed by atoms with van der Waals surface area (Å²) in [7, 11) is -2.23.